The molecule has 1 aliphatic rings. The molecule has 2 heterocycles. The van der Waals surface area contributed by atoms with Crippen LogP contribution in [0.2, 0.25) is 0 Å². The Labute approximate surface area is 115 Å². The number of ether oxygens (including phenoxy) is 2. The molecule has 3 rings (SSSR count). The lowest BCUT2D eigenvalue weighted by Crippen LogP contribution is -2.27. The molecule has 5 heteroatoms. The van der Waals surface area contributed by atoms with Gasteiger partial charge >= 0.3 is 5.63 Å². The van der Waals surface area contributed by atoms with Crippen LogP contribution in [0, 0.1) is 0 Å². The second-order valence-corrected chi connectivity index (χ2v) is 5.18. The van der Waals surface area contributed by atoms with E-state index in [0.29, 0.717) is 22.4 Å². The molecular formula is C15H14O5. The van der Waals surface area contributed by atoms with Crippen LogP contribution in [-0.2, 0) is 0 Å². The fourth-order valence-corrected chi connectivity index (χ4v) is 2.33. The first kappa shape index (κ1) is 12.6. The lowest BCUT2D eigenvalue weighted by molar-refractivity contribution is 0.158. The highest BCUT2D eigenvalue weighted by Gasteiger charge is 2.26. The maximum atomic E-state index is 11.4. The summed E-state index contributed by atoms with van der Waals surface area (Å²) in [5.41, 5.74) is -0.134. The van der Waals surface area contributed by atoms with Gasteiger partial charge in [0.1, 0.15) is 33.8 Å². The predicted octanol–water partition coefficient (Wildman–Crippen LogP) is 2.69. The van der Waals surface area contributed by atoms with E-state index in [9.17, 15) is 9.90 Å². The van der Waals surface area contributed by atoms with Gasteiger partial charge in [-0.1, -0.05) is 0 Å². The highest BCUT2D eigenvalue weighted by Crippen LogP contribution is 2.44. The van der Waals surface area contributed by atoms with Crippen molar-refractivity contribution in [1.82, 2.24) is 0 Å². The smallest absolute Gasteiger partial charge is 0.339 e. The van der Waals surface area contributed by atoms with Crippen LogP contribution in [0.5, 0.6) is 17.2 Å². The Hall–Kier alpha value is -2.43. The maximum absolute atomic E-state index is 11.4. The molecule has 1 aromatic heterocycles. The number of methoxy groups -OCH3 is 1. The summed E-state index contributed by atoms with van der Waals surface area (Å²) in [6.07, 6.45) is 3.78. The molecule has 0 saturated heterocycles. The quantitative estimate of drug-likeness (QED) is 0.810. The van der Waals surface area contributed by atoms with E-state index >= 15 is 0 Å². The molecule has 0 amide bonds. The van der Waals surface area contributed by atoms with Crippen LogP contribution in [-0.4, -0.2) is 17.8 Å². The van der Waals surface area contributed by atoms with Crippen LogP contribution < -0.4 is 15.1 Å². The summed E-state index contributed by atoms with van der Waals surface area (Å²) >= 11 is 0. The van der Waals surface area contributed by atoms with Gasteiger partial charge in [0.2, 0.25) is 0 Å². The molecule has 5 nitrogen and oxygen atoms in total. The van der Waals surface area contributed by atoms with Gasteiger partial charge in [0, 0.05) is 6.07 Å². The maximum Gasteiger partial charge on any atom is 0.339 e. The second-order valence-electron chi connectivity index (χ2n) is 5.18. The Balaban J connectivity index is 2.42. The van der Waals surface area contributed by atoms with Crippen molar-refractivity contribution in [2.75, 3.05) is 7.11 Å². The summed E-state index contributed by atoms with van der Waals surface area (Å²) in [5.74, 6) is 0.801. The van der Waals surface area contributed by atoms with E-state index in [4.69, 9.17) is 13.9 Å². The molecule has 0 saturated carbocycles. The van der Waals surface area contributed by atoms with Crippen molar-refractivity contribution >= 4 is 17.0 Å². The lowest BCUT2D eigenvalue weighted by Gasteiger charge is -2.28. The SMILES string of the molecule is COc1c2c(cc3oc(=O)cc(O)c13)OC(C)(C)C=C2. The number of hydrogen-bond donors (Lipinski definition) is 1. The minimum atomic E-state index is -0.623. The van der Waals surface area contributed by atoms with Crippen molar-refractivity contribution in [3.8, 4) is 17.2 Å². The van der Waals surface area contributed by atoms with E-state index in [1.165, 1.54) is 7.11 Å². The zero-order chi connectivity index (χ0) is 14.5. The van der Waals surface area contributed by atoms with Crippen LogP contribution >= 0.6 is 0 Å². The molecule has 0 radical (unpaired) electrons. The Morgan fingerprint density at radius 3 is 2.75 bits per heavy atom. The van der Waals surface area contributed by atoms with Gasteiger partial charge in [-0.25, -0.2) is 4.79 Å². The third-order valence-electron chi connectivity index (χ3n) is 3.20. The average Bonchev–Trinajstić information content (AvgIpc) is 2.34. The Morgan fingerprint density at radius 2 is 2.05 bits per heavy atom. The summed E-state index contributed by atoms with van der Waals surface area (Å²) in [6.45, 7) is 3.84. The topological polar surface area (TPSA) is 68.9 Å². The van der Waals surface area contributed by atoms with Crippen LogP contribution in [0.4, 0.5) is 0 Å². The van der Waals surface area contributed by atoms with Crippen molar-refractivity contribution < 1.29 is 19.0 Å². The first-order valence-electron chi connectivity index (χ1n) is 6.17. The normalized spacial score (nSPS) is 15.8. The van der Waals surface area contributed by atoms with Crippen molar-refractivity contribution in [1.29, 1.82) is 0 Å². The van der Waals surface area contributed by atoms with Gasteiger partial charge in [-0.2, -0.15) is 0 Å². The van der Waals surface area contributed by atoms with Crippen LogP contribution in [0.15, 0.2) is 27.4 Å². The summed E-state index contributed by atoms with van der Waals surface area (Å²) in [5, 5.41) is 10.3. The molecule has 1 aliphatic heterocycles. The molecule has 104 valence electrons. The Morgan fingerprint density at radius 1 is 1.30 bits per heavy atom. The van der Waals surface area contributed by atoms with Gasteiger partial charge in [-0.05, 0) is 26.0 Å². The molecule has 1 aromatic carbocycles. The molecule has 2 aromatic rings. The fourth-order valence-electron chi connectivity index (χ4n) is 2.33. The van der Waals surface area contributed by atoms with E-state index in [0.717, 1.165) is 6.07 Å². The average molecular weight is 274 g/mol. The largest absolute Gasteiger partial charge is 0.507 e. The van der Waals surface area contributed by atoms with Crippen molar-refractivity contribution in [2.24, 2.45) is 0 Å². The number of fused-ring (bicyclic) bond motifs is 2. The lowest BCUT2D eigenvalue weighted by atomic mass is 10.00. The molecule has 0 unspecified atom stereocenters. The highest BCUT2D eigenvalue weighted by atomic mass is 16.5. The highest BCUT2D eigenvalue weighted by molar-refractivity contribution is 5.95. The third-order valence-corrected chi connectivity index (χ3v) is 3.20. The zero-order valence-corrected chi connectivity index (χ0v) is 11.4. The molecule has 0 aliphatic carbocycles. The molecule has 0 bridgehead atoms. The summed E-state index contributed by atoms with van der Waals surface area (Å²) in [4.78, 5) is 11.4. The molecule has 0 atom stereocenters. The molecule has 1 N–H and O–H groups in total. The van der Waals surface area contributed by atoms with Gasteiger partial charge in [0.05, 0.1) is 18.7 Å². The minimum Gasteiger partial charge on any atom is -0.507 e. The number of benzene rings is 1. The summed E-state index contributed by atoms with van der Waals surface area (Å²) < 4.78 is 16.3. The predicted molar refractivity (Wildman–Crippen MR) is 74.4 cm³/mol. The van der Waals surface area contributed by atoms with Crippen LogP contribution in [0.25, 0.3) is 17.0 Å². The molecule has 20 heavy (non-hydrogen) atoms. The summed E-state index contributed by atoms with van der Waals surface area (Å²) in [6, 6.07) is 2.62. The minimum absolute atomic E-state index is 0.172. The third kappa shape index (κ3) is 1.82. The number of rotatable bonds is 1. The second kappa shape index (κ2) is 4.03. The van der Waals surface area contributed by atoms with E-state index in [1.807, 2.05) is 26.0 Å². The first-order valence-corrected chi connectivity index (χ1v) is 6.17. The standard InChI is InChI=1S/C15H14O5/c1-15(2)5-4-8-10(20-15)7-11-13(14(8)18-3)9(16)6-12(17)19-11/h4-7,16H,1-3H3. The molecule has 0 fully saturated rings. The van der Waals surface area contributed by atoms with Gasteiger partial charge in [-0.15, -0.1) is 0 Å². The Kier molecular flexibility index (Phi) is 2.54. The monoisotopic (exact) mass is 274 g/mol. The fraction of sp³-hybridized carbons (Fsp3) is 0.267. The van der Waals surface area contributed by atoms with E-state index in [1.54, 1.807) is 6.07 Å². The Bertz CT molecular complexity index is 783. The molecular weight excluding hydrogens is 260 g/mol. The van der Waals surface area contributed by atoms with Crippen molar-refractivity contribution in [2.45, 2.75) is 19.4 Å². The van der Waals surface area contributed by atoms with Crippen molar-refractivity contribution in [3.63, 3.8) is 0 Å². The van der Waals surface area contributed by atoms with Gasteiger partial charge < -0.3 is 19.0 Å². The van der Waals surface area contributed by atoms with Gasteiger partial charge in [0.15, 0.2) is 0 Å². The summed E-state index contributed by atoms with van der Waals surface area (Å²) in [7, 11) is 1.49. The number of aromatic hydroxyl groups is 1. The van der Waals surface area contributed by atoms with Crippen molar-refractivity contribution in [3.05, 3.63) is 34.2 Å². The van der Waals surface area contributed by atoms with E-state index in [2.05, 4.69) is 0 Å². The van der Waals surface area contributed by atoms with Crippen LogP contribution in [0.3, 0.4) is 0 Å². The molecule has 0 spiro atoms. The number of hydrogen-bond acceptors (Lipinski definition) is 5. The first-order chi connectivity index (χ1) is 9.41. The van der Waals surface area contributed by atoms with Crippen LogP contribution in [0.1, 0.15) is 19.4 Å². The van der Waals surface area contributed by atoms with Gasteiger partial charge in [-0.3, -0.25) is 0 Å². The van der Waals surface area contributed by atoms with Gasteiger partial charge in [0.25, 0.3) is 0 Å². The zero-order valence-electron chi connectivity index (χ0n) is 11.4. The van der Waals surface area contributed by atoms with E-state index in [-0.39, 0.29) is 11.3 Å². The van der Waals surface area contributed by atoms with E-state index < -0.39 is 11.2 Å².